The van der Waals surface area contributed by atoms with Gasteiger partial charge in [0.2, 0.25) is 11.8 Å². The summed E-state index contributed by atoms with van der Waals surface area (Å²) in [7, 11) is 0. The molecule has 1 aliphatic rings. The number of furan rings is 1. The highest BCUT2D eigenvalue weighted by Crippen LogP contribution is 2.29. The fraction of sp³-hybridized carbons (Fsp3) is 0.588. The van der Waals surface area contributed by atoms with Crippen molar-refractivity contribution in [3.05, 3.63) is 35.4 Å². The molecule has 2 aromatic heterocycles. The summed E-state index contributed by atoms with van der Waals surface area (Å²) in [6.45, 7) is 5.05. The van der Waals surface area contributed by atoms with Crippen LogP contribution in [0.2, 0.25) is 0 Å². The maximum Gasteiger partial charge on any atom is 0.249 e. The van der Waals surface area contributed by atoms with E-state index in [0.29, 0.717) is 37.8 Å². The molecule has 3 heterocycles. The topological polar surface area (TPSA) is 90.4 Å². The van der Waals surface area contributed by atoms with Gasteiger partial charge in [-0.15, -0.1) is 0 Å². The molecule has 24 heavy (non-hydrogen) atoms. The summed E-state index contributed by atoms with van der Waals surface area (Å²) in [6.07, 6.45) is 2.66. The SMILES string of the molecule is Cc1noc(C(NC(=O)CCc2ccc(C)o2)C2CCOCC2)n1. The van der Waals surface area contributed by atoms with E-state index in [4.69, 9.17) is 13.7 Å². The van der Waals surface area contributed by atoms with Crippen LogP contribution in [0.25, 0.3) is 0 Å². The van der Waals surface area contributed by atoms with Gasteiger partial charge in [-0.25, -0.2) is 0 Å². The maximum atomic E-state index is 12.4. The lowest BCUT2D eigenvalue weighted by Crippen LogP contribution is -2.36. The quantitative estimate of drug-likeness (QED) is 0.873. The van der Waals surface area contributed by atoms with E-state index >= 15 is 0 Å². The molecule has 1 atom stereocenters. The molecule has 1 fully saturated rings. The molecule has 0 spiro atoms. The highest BCUT2D eigenvalue weighted by molar-refractivity contribution is 5.76. The van der Waals surface area contributed by atoms with E-state index < -0.39 is 0 Å². The molecule has 2 aromatic rings. The predicted octanol–water partition coefficient (Wildman–Crippen LogP) is 2.50. The van der Waals surface area contributed by atoms with Crippen molar-refractivity contribution in [2.24, 2.45) is 5.92 Å². The van der Waals surface area contributed by atoms with Crippen LogP contribution in [0.3, 0.4) is 0 Å². The van der Waals surface area contributed by atoms with Gasteiger partial charge in [0.1, 0.15) is 17.6 Å². The normalized spacial score (nSPS) is 16.9. The number of carbonyl (C=O) groups is 1. The average molecular weight is 333 g/mol. The van der Waals surface area contributed by atoms with Crippen molar-refractivity contribution in [3.63, 3.8) is 0 Å². The maximum absolute atomic E-state index is 12.4. The van der Waals surface area contributed by atoms with Gasteiger partial charge < -0.3 is 19.0 Å². The number of nitrogens with one attached hydrogen (secondary N) is 1. The second kappa shape index (κ2) is 7.61. The third kappa shape index (κ3) is 4.23. The summed E-state index contributed by atoms with van der Waals surface area (Å²) in [6, 6.07) is 3.54. The molecule has 3 rings (SSSR count). The van der Waals surface area contributed by atoms with Gasteiger partial charge in [-0.2, -0.15) is 4.98 Å². The Kier molecular flexibility index (Phi) is 5.30. The molecule has 1 amide bonds. The Labute approximate surface area is 140 Å². The van der Waals surface area contributed by atoms with Crippen LogP contribution in [0, 0.1) is 19.8 Å². The number of aryl methyl sites for hydroxylation is 3. The van der Waals surface area contributed by atoms with Gasteiger partial charge in [-0.05, 0) is 44.7 Å². The van der Waals surface area contributed by atoms with E-state index in [2.05, 4.69) is 15.5 Å². The lowest BCUT2D eigenvalue weighted by atomic mass is 9.91. The first-order chi connectivity index (χ1) is 11.6. The number of ether oxygens (including phenoxy) is 1. The average Bonchev–Trinajstić information content (AvgIpc) is 3.20. The molecule has 130 valence electrons. The van der Waals surface area contributed by atoms with E-state index in [1.807, 2.05) is 19.1 Å². The van der Waals surface area contributed by atoms with Crippen LogP contribution in [0.1, 0.15) is 48.5 Å². The van der Waals surface area contributed by atoms with Crippen molar-refractivity contribution in [2.45, 2.75) is 45.6 Å². The molecule has 0 bridgehead atoms. The Morgan fingerprint density at radius 3 is 2.75 bits per heavy atom. The van der Waals surface area contributed by atoms with Crippen LogP contribution >= 0.6 is 0 Å². The Bertz CT molecular complexity index is 673. The Hall–Kier alpha value is -2.15. The van der Waals surface area contributed by atoms with Gasteiger partial charge in [0.25, 0.3) is 0 Å². The van der Waals surface area contributed by atoms with E-state index in [9.17, 15) is 4.79 Å². The largest absolute Gasteiger partial charge is 0.466 e. The van der Waals surface area contributed by atoms with Crippen molar-refractivity contribution < 1.29 is 18.5 Å². The van der Waals surface area contributed by atoms with Gasteiger partial charge in [0.15, 0.2) is 5.82 Å². The Morgan fingerprint density at radius 2 is 2.12 bits per heavy atom. The summed E-state index contributed by atoms with van der Waals surface area (Å²) in [5.74, 6) is 2.92. The molecule has 0 aromatic carbocycles. The van der Waals surface area contributed by atoms with E-state index in [-0.39, 0.29) is 17.9 Å². The Balaban J connectivity index is 1.63. The number of hydrogen-bond acceptors (Lipinski definition) is 6. The fourth-order valence-corrected chi connectivity index (χ4v) is 2.97. The zero-order chi connectivity index (χ0) is 16.9. The molecule has 7 heteroatoms. The van der Waals surface area contributed by atoms with Crippen LogP contribution in [0.15, 0.2) is 21.1 Å². The monoisotopic (exact) mass is 333 g/mol. The number of rotatable bonds is 6. The molecule has 1 saturated heterocycles. The second-order valence-electron chi connectivity index (χ2n) is 6.19. The van der Waals surface area contributed by atoms with Gasteiger partial charge in [-0.3, -0.25) is 4.79 Å². The van der Waals surface area contributed by atoms with E-state index in [1.165, 1.54) is 0 Å². The molecular weight excluding hydrogens is 310 g/mol. The minimum atomic E-state index is -0.263. The highest BCUT2D eigenvalue weighted by atomic mass is 16.5. The third-order valence-corrected chi connectivity index (χ3v) is 4.26. The minimum absolute atomic E-state index is 0.0450. The second-order valence-corrected chi connectivity index (χ2v) is 6.19. The molecule has 1 unspecified atom stereocenters. The zero-order valence-corrected chi connectivity index (χ0v) is 14.1. The number of amides is 1. The molecule has 7 nitrogen and oxygen atoms in total. The van der Waals surface area contributed by atoms with Crippen LogP contribution in [-0.4, -0.2) is 29.3 Å². The summed E-state index contributed by atoms with van der Waals surface area (Å²) in [5.41, 5.74) is 0. The predicted molar refractivity (Wildman–Crippen MR) is 85.2 cm³/mol. The van der Waals surface area contributed by atoms with Crippen molar-refractivity contribution >= 4 is 5.91 Å². The number of nitrogens with zero attached hydrogens (tertiary/aromatic N) is 2. The molecular formula is C17H23N3O4. The summed E-state index contributed by atoms with van der Waals surface area (Å²) in [4.78, 5) is 16.7. The van der Waals surface area contributed by atoms with Crippen molar-refractivity contribution in [3.8, 4) is 0 Å². The van der Waals surface area contributed by atoms with Gasteiger partial charge >= 0.3 is 0 Å². The first-order valence-corrected chi connectivity index (χ1v) is 8.34. The molecule has 0 aliphatic carbocycles. The first-order valence-electron chi connectivity index (χ1n) is 8.34. The van der Waals surface area contributed by atoms with E-state index in [0.717, 1.165) is 24.4 Å². The highest BCUT2D eigenvalue weighted by Gasteiger charge is 2.31. The minimum Gasteiger partial charge on any atom is -0.466 e. The number of hydrogen-bond donors (Lipinski definition) is 1. The summed E-state index contributed by atoms with van der Waals surface area (Å²) >= 11 is 0. The van der Waals surface area contributed by atoms with Crippen LogP contribution < -0.4 is 5.32 Å². The van der Waals surface area contributed by atoms with Gasteiger partial charge in [-0.1, -0.05) is 5.16 Å². The molecule has 1 N–H and O–H groups in total. The smallest absolute Gasteiger partial charge is 0.249 e. The van der Waals surface area contributed by atoms with E-state index in [1.54, 1.807) is 6.92 Å². The van der Waals surface area contributed by atoms with Crippen molar-refractivity contribution in [2.75, 3.05) is 13.2 Å². The van der Waals surface area contributed by atoms with Gasteiger partial charge in [0, 0.05) is 26.1 Å². The standard InChI is InChI=1S/C17H23N3O4/c1-11-3-4-14(23-11)5-6-15(21)19-16(13-7-9-22-10-8-13)17-18-12(2)20-24-17/h3-4,13,16H,5-10H2,1-2H3,(H,19,21). The first kappa shape index (κ1) is 16.7. The summed E-state index contributed by atoms with van der Waals surface area (Å²) < 4.78 is 16.2. The molecule has 0 saturated carbocycles. The van der Waals surface area contributed by atoms with Crippen molar-refractivity contribution in [1.29, 1.82) is 0 Å². The van der Waals surface area contributed by atoms with Crippen LogP contribution in [0.4, 0.5) is 0 Å². The van der Waals surface area contributed by atoms with Crippen LogP contribution in [0.5, 0.6) is 0 Å². The Morgan fingerprint density at radius 1 is 1.33 bits per heavy atom. The lowest BCUT2D eigenvalue weighted by Gasteiger charge is -2.28. The third-order valence-electron chi connectivity index (χ3n) is 4.26. The molecule has 0 radical (unpaired) electrons. The van der Waals surface area contributed by atoms with Crippen molar-refractivity contribution in [1.82, 2.24) is 15.5 Å². The zero-order valence-electron chi connectivity index (χ0n) is 14.1. The number of carbonyl (C=O) groups excluding carboxylic acids is 1. The number of aromatic nitrogens is 2. The van der Waals surface area contributed by atoms with Gasteiger partial charge in [0.05, 0.1) is 0 Å². The summed E-state index contributed by atoms with van der Waals surface area (Å²) in [5, 5.41) is 6.91. The van der Waals surface area contributed by atoms with Crippen LogP contribution in [-0.2, 0) is 16.0 Å². The molecule has 1 aliphatic heterocycles. The fourth-order valence-electron chi connectivity index (χ4n) is 2.97. The lowest BCUT2D eigenvalue weighted by molar-refractivity contribution is -0.122.